The van der Waals surface area contributed by atoms with Crippen LogP contribution in [-0.4, -0.2) is 60.5 Å². The molecule has 0 radical (unpaired) electrons. The van der Waals surface area contributed by atoms with Crippen LogP contribution in [0.5, 0.6) is 0 Å². The molecular weight excluding hydrogens is 282 g/mol. The fourth-order valence-electron chi connectivity index (χ4n) is 2.84. The Balaban J connectivity index is 1.88. The third-order valence-corrected chi connectivity index (χ3v) is 4.06. The third kappa shape index (κ3) is 2.84. The van der Waals surface area contributed by atoms with Crippen molar-refractivity contribution < 1.29 is 14.3 Å². The van der Waals surface area contributed by atoms with Gasteiger partial charge in [0.25, 0.3) is 5.91 Å². The molecule has 1 aromatic carbocycles. The Labute approximate surface area is 129 Å². The highest BCUT2D eigenvalue weighted by Crippen LogP contribution is 2.21. The van der Waals surface area contributed by atoms with E-state index in [2.05, 4.69) is 10.2 Å². The van der Waals surface area contributed by atoms with E-state index >= 15 is 0 Å². The summed E-state index contributed by atoms with van der Waals surface area (Å²) in [6.07, 6.45) is 0.767. The van der Waals surface area contributed by atoms with Crippen LogP contribution < -0.4 is 0 Å². The van der Waals surface area contributed by atoms with Crippen LogP contribution in [0.15, 0.2) is 18.2 Å². The fourth-order valence-corrected chi connectivity index (χ4v) is 2.84. The molecule has 1 atom stereocenters. The van der Waals surface area contributed by atoms with Gasteiger partial charge in [-0.15, -0.1) is 0 Å². The number of carbonyl (C=O) groups is 1. The number of ether oxygens (including phenoxy) is 2. The Hall–Kier alpha value is -1.92. The lowest BCUT2D eigenvalue weighted by atomic mass is 10.1. The van der Waals surface area contributed by atoms with Gasteiger partial charge < -0.3 is 14.4 Å². The lowest BCUT2D eigenvalue weighted by Crippen LogP contribution is -2.49. The molecule has 1 aliphatic heterocycles. The lowest BCUT2D eigenvalue weighted by Gasteiger charge is -2.35. The predicted molar refractivity (Wildman–Crippen MR) is 83.0 cm³/mol. The van der Waals surface area contributed by atoms with Crippen molar-refractivity contribution in [2.75, 3.05) is 33.5 Å². The number of benzene rings is 1. The molecule has 0 saturated carbocycles. The molecule has 3 rings (SSSR count). The van der Waals surface area contributed by atoms with E-state index in [4.69, 9.17) is 9.47 Å². The number of nitrogens with one attached hydrogen (secondary N) is 1. The van der Waals surface area contributed by atoms with Gasteiger partial charge in [-0.2, -0.15) is 5.10 Å². The monoisotopic (exact) mass is 303 g/mol. The van der Waals surface area contributed by atoms with Gasteiger partial charge in [-0.25, -0.2) is 0 Å². The number of methoxy groups -OCH3 is 1. The van der Waals surface area contributed by atoms with Crippen LogP contribution in [0.25, 0.3) is 10.9 Å². The highest BCUT2D eigenvalue weighted by atomic mass is 16.5. The maximum absolute atomic E-state index is 12.9. The summed E-state index contributed by atoms with van der Waals surface area (Å²) in [5.74, 6) is -0.0405. The summed E-state index contributed by atoms with van der Waals surface area (Å²) in [5, 5.41) is 8.05. The third-order valence-electron chi connectivity index (χ3n) is 4.06. The summed E-state index contributed by atoms with van der Waals surface area (Å²) in [5.41, 5.74) is 2.49. The molecule has 1 fully saturated rings. The van der Waals surface area contributed by atoms with Gasteiger partial charge in [-0.05, 0) is 25.5 Å². The lowest BCUT2D eigenvalue weighted by molar-refractivity contribution is -0.0105. The second-order valence-electron chi connectivity index (χ2n) is 5.63. The number of hydrogen-bond donors (Lipinski definition) is 1. The summed E-state index contributed by atoms with van der Waals surface area (Å²) in [6, 6.07) is 6.00. The van der Waals surface area contributed by atoms with Crippen molar-refractivity contribution in [2.24, 2.45) is 0 Å². The van der Waals surface area contributed by atoms with Crippen molar-refractivity contribution in [1.82, 2.24) is 15.1 Å². The van der Waals surface area contributed by atoms with Gasteiger partial charge in [0.05, 0.1) is 24.8 Å². The Morgan fingerprint density at radius 2 is 2.41 bits per heavy atom. The molecule has 2 heterocycles. The molecule has 1 aliphatic rings. The maximum Gasteiger partial charge on any atom is 0.275 e. The molecule has 6 heteroatoms. The standard InChI is InChI=1S/C16H21N3O3/c1-11-3-4-14-13(9-11)15(18-17-14)16(20)19-6-8-22-10-12(19)5-7-21-2/h3-4,9,12H,5-8,10H2,1-2H3,(H,17,18). The van der Waals surface area contributed by atoms with Crippen LogP contribution >= 0.6 is 0 Å². The first-order valence-corrected chi connectivity index (χ1v) is 7.53. The normalized spacial score (nSPS) is 18.8. The van der Waals surface area contributed by atoms with E-state index in [0.29, 0.717) is 32.1 Å². The Morgan fingerprint density at radius 3 is 3.23 bits per heavy atom. The molecule has 22 heavy (non-hydrogen) atoms. The van der Waals surface area contributed by atoms with E-state index < -0.39 is 0 Å². The number of hydrogen-bond acceptors (Lipinski definition) is 4. The number of fused-ring (bicyclic) bond motifs is 1. The molecule has 0 spiro atoms. The molecule has 1 aromatic heterocycles. The number of amides is 1. The fraction of sp³-hybridized carbons (Fsp3) is 0.500. The number of aromatic nitrogens is 2. The molecule has 0 bridgehead atoms. The van der Waals surface area contributed by atoms with Crippen LogP contribution in [0.3, 0.4) is 0 Å². The first kappa shape index (κ1) is 15.0. The first-order chi connectivity index (χ1) is 10.7. The van der Waals surface area contributed by atoms with Crippen molar-refractivity contribution in [2.45, 2.75) is 19.4 Å². The van der Waals surface area contributed by atoms with Crippen molar-refractivity contribution in [3.05, 3.63) is 29.5 Å². The molecular formula is C16H21N3O3. The van der Waals surface area contributed by atoms with Gasteiger partial charge >= 0.3 is 0 Å². The number of aryl methyl sites for hydroxylation is 1. The Morgan fingerprint density at radius 1 is 1.55 bits per heavy atom. The van der Waals surface area contributed by atoms with Crippen molar-refractivity contribution in [3.63, 3.8) is 0 Å². The van der Waals surface area contributed by atoms with E-state index in [1.54, 1.807) is 7.11 Å². The van der Waals surface area contributed by atoms with Gasteiger partial charge in [0.15, 0.2) is 5.69 Å². The first-order valence-electron chi connectivity index (χ1n) is 7.53. The topological polar surface area (TPSA) is 67.5 Å². The maximum atomic E-state index is 12.9. The number of carbonyl (C=O) groups excluding carboxylic acids is 1. The van der Waals surface area contributed by atoms with Gasteiger partial charge in [-0.1, -0.05) is 11.6 Å². The van der Waals surface area contributed by atoms with Crippen LogP contribution in [-0.2, 0) is 9.47 Å². The summed E-state index contributed by atoms with van der Waals surface area (Å²) in [4.78, 5) is 14.8. The molecule has 1 N–H and O–H groups in total. The Kier molecular flexibility index (Phi) is 4.40. The van der Waals surface area contributed by atoms with E-state index in [9.17, 15) is 4.79 Å². The predicted octanol–water partition coefficient (Wildman–Crippen LogP) is 1.75. The van der Waals surface area contributed by atoms with Crippen molar-refractivity contribution in [3.8, 4) is 0 Å². The van der Waals surface area contributed by atoms with Crippen LogP contribution in [0, 0.1) is 6.92 Å². The summed E-state index contributed by atoms with van der Waals surface area (Å²) < 4.78 is 10.6. The minimum Gasteiger partial charge on any atom is -0.385 e. The van der Waals surface area contributed by atoms with E-state index in [0.717, 1.165) is 22.9 Å². The zero-order valence-electron chi connectivity index (χ0n) is 13.0. The SMILES string of the molecule is COCCC1COCCN1C(=O)c1n[nH]c2ccc(C)cc12. The van der Waals surface area contributed by atoms with Crippen LogP contribution in [0.2, 0.25) is 0 Å². The average molecular weight is 303 g/mol. The Bertz CT molecular complexity index is 668. The molecule has 1 unspecified atom stereocenters. The van der Waals surface area contributed by atoms with Gasteiger partial charge in [0.2, 0.25) is 0 Å². The zero-order chi connectivity index (χ0) is 15.5. The highest BCUT2D eigenvalue weighted by molar-refractivity contribution is 6.05. The smallest absolute Gasteiger partial charge is 0.275 e. The summed E-state index contributed by atoms with van der Waals surface area (Å²) in [6.45, 7) is 4.33. The molecule has 118 valence electrons. The number of morpholine rings is 1. The molecule has 1 saturated heterocycles. The average Bonchev–Trinajstić information content (AvgIpc) is 2.95. The quantitative estimate of drug-likeness (QED) is 0.934. The number of H-pyrrole nitrogens is 1. The molecule has 2 aromatic rings. The second kappa shape index (κ2) is 6.46. The summed E-state index contributed by atoms with van der Waals surface area (Å²) in [7, 11) is 1.67. The molecule has 0 aliphatic carbocycles. The van der Waals surface area contributed by atoms with Crippen LogP contribution in [0.4, 0.5) is 0 Å². The minimum atomic E-state index is -0.0405. The second-order valence-corrected chi connectivity index (χ2v) is 5.63. The van der Waals surface area contributed by atoms with Gasteiger partial charge in [-0.3, -0.25) is 9.89 Å². The number of aromatic amines is 1. The van der Waals surface area contributed by atoms with Crippen molar-refractivity contribution in [1.29, 1.82) is 0 Å². The van der Waals surface area contributed by atoms with E-state index in [-0.39, 0.29) is 11.9 Å². The van der Waals surface area contributed by atoms with Gasteiger partial charge in [0, 0.05) is 25.6 Å². The van der Waals surface area contributed by atoms with E-state index in [1.807, 2.05) is 30.0 Å². The molecule has 1 amide bonds. The number of rotatable bonds is 4. The highest BCUT2D eigenvalue weighted by Gasteiger charge is 2.30. The number of nitrogens with zero attached hydrogens (tertiary/aromatic N) is 2. The minimum absolute atomic E-state index is 0.0396. The summed E-state index contributed by atoms with van der Waals surface area (Å²) >= 11 is 0. The van der Waals surface area contributed by atoms with Crippen molar-refractivity contribution >= 4 is 16.8 Å². The largest absolute Gasteiger partial charge is 0.385 e. The van der Waals surface area contributed by atoms with Gasteiger partial charge in [0.1, 0.15) is 0 Å². The van der Waals surface area contributed by atoms with Crippen LogP contribution in [0.1, 0.15) is 22.5 Å². The molecule has 6 nitrogen and oxygen atoms in total. The van der Waals surface area contributed by atoms with E-state index in [1.165, 1.54) is 0 Å². The zero-order valence-corrected chi connectivity index (χ0v) is 13.0.